The first kappa shape index (κ1) is 14.3. The molecule has 1 amide bonds. The smallest absolute Gasteiger partial charge is 0.237 e. The molecule has 0 saturated carbocycles. The molecule has 0 aromatic heterocycles. The Morgan fingerprint density at radius 2 is 2.21 bits per heavy atom. The van der Waals surface area contributed by atoms with Crippen LogP contribution in [0.1, 0.15) is 31.7 Å². The molecular weight excluding hydrogens is 306 g/mol. The molecule has 0 aliphatic carbocycles. The van der Waals surface area contributed by atoms with Gasteiger partial charge in [-0.15, -0.1) is 0 Å². The lowest BCUT2D eigenvalue weighted by Crippen LogP contribution is -2.44. The molecule has 4 heteroatoms. The predicted molar refractivity (Wildman–Crippen MR) is 79.3 cm³/mol. The van der Waals surface area contributed by atoms with Crippen molar-refractivity contribution < 1.29 is 9.59 Å². The van der Waals surface area contributed by atoms with Gasteiger partial charge in [0.05, 0.1) is 11.6 Å². The van der Waals surface area contributed by atoms with Gasteiger partial charge in [-0.1, -0.05) is 19.1 Å². The number of amides is 1. The van der Waals surface area contributed by atoms with Crippen LogP contribution in [-0.2, 0) is 9.59 Å². The van der Waals surface area contributed by atoms with E-state index in [1.165, 1.54) is 0 Å². The molecule has 1 aromatic rings. The first-order valence-electron chi connectivity index (χ1n) is 6.65. The van der Waals surface area contributed by atoms with E-state index < -0.39 is 5.92 Å². The predicted octanol–water partition coefficient (Wildman–Crippen LogP) is 3.48. The highest BCUT2D eigenvalue weighted by atomic mass is 79.9. The Morgan fingerprint density at radius 3 is 2.89 bits per heavy atom. The summed E-state index contributed by atoms with van der Waals surface area (Å²) in [5.41, 5.74) is 1.97. The summed E-state index contributed by atoms with van der Waals surface area (Å²) >= 11 is 3.54. The quantitative estimate of drug-likeness (QED) is 0.798. The van der Waals surface area contributed by atoms with Crippen LogP contribution in [0.15, 0.2) is 22.7 Å². The molecule has 3 nitrogen and oxygen atoms in total. The summed E-state index contributed by atoms with van der Waals surface area (Å²) in [6, 6.07) is 5.86. The monoisotopic (exact) mass is 323 g/mol. The van der Waals surface area contributed by atoms with Gasteiger partial charge in [0, 0.05) is 17.4 Å². The fraction of sp³-hybridized carbons (Fsp3) is 0.467. The fourth-order valence-corrected chi connectivity index (χ4v) is 2.98. The molecule has 0 spiro atoms. The van der Waals surface area contributed by atoms with Crippen LogP contribution in [-0.4, -0.2) is 18.2 Å². The maximum Gasteiger partial charge on any atom is 0.237 e. The van der Waals surface area contributed by atoms with Crippen LogP contribution in [0.2, 0.25) is 0 Å². The normalized spacial score (nSPS) is 19.6. The molecule has 0 unspecified atom stereocenters. The van der Waals surface area contributed by atoms with Crippen molar-refractivity contribution in [1.82, 2.24) is 0 Å². The average molecular weight is 324 g/mol. The van der Waals surface area contributed by atoms with Gasteiger partial charge in [-0.2, -0.15) is 0 Å². The largest absolute Gasteiger partial charge is 0.311 e. The third-order valence-electron chi connectivity index (χ3n) is 3.64. The molecule has 1 heterocycles. The van der Waals surface area contributed by atoms with Crippen molar-refractivity contribution in [3.05, 3.63) is 28.2 Å². The Labute approximate surface area is 122 Å². The van der Waals surface area contributed by atoms with Crippen molar-refractivity contribution in [2.75, 3.05) is 11.4 Å². The van der Waals surface area contributed by atoms with E-state index in [-0.39, 0.29) is 11.7 Å². The van der Waals surface area contributed by atoms with Crippen LogP contribution in [0.5, 0.6) is 0 Å². The number of piperidine rings is 1. The maximum absolute atomic E-state index is 12.5. The maximum atomic E-state index is 12.5. The molecule has 19 heavy (non-hydrogen) atoms. The van der Waals surface area contributed by atoms with Crippen LogP contribution in [0.3, 0.4) is 0 Å². The van der Waals surface area contributed by atoms with Crippen molar-refractivity contribution >= 4 is 33.3 Å². The number of anilines is 1. The van der Waals surface area contributed by atoms with Crippen molar-refractivity contribution in [2.24, 2.45) is 5.92 Å². The fourth-order valence-electron chi connectivity index (χ4n) is 2.50. The highest BCUT2D eigenvalue weighted by Crippen LogP contribution is 2.33. The van der Waals surface area contributed by atoms with Crippen molar-refractivity contribution in [2.45, 2.75) is 33.1 Å². The van der Waals surface area contributed by atoms with E-state index in [9.17, 15) is 9.59 Å². The number of hydrogen-bond acceptors (Lipinski definition) is 2. The number of halogens is 1. The molecule has 0 N–H and O–H groups in total. The molecule has 1 saturated heterocycles. The number of carbonyl (C=O) groups excluding carboxylic acids is 2. The number of nitrogens with zero attached hydrogens (tertiary/aromatic N) is 1. The third kappa shape index (κ3) is 2.73. The van der Waals surface area contributed by atoms with Crippen LogP contribution >= 0.6 is 15.9 Å². The van der Waals surface area contributed by atoms with E-state index in [2.05, 4.69) is 15.9 Å². The molecule has 1 atom stereocenters. The van der Waals surface area contributed by atoms with Gasteiger partial charge < -0.3 is 4.90 Å². The standard InChI is InChI=1S/C15H18BrNO2/c1-3-13(18)11-7-5-9-17(15(11)19)12-8-4-6-10(2)14(12)16/h4,6,8,11H,3,5,7,9H2,1-2H3/t11-/m1/s1. The highest BCUT2D eigenvalue weighted by molar-refractivity contribution is 9.10. The zero-order valence-electron chi connectivity index (χ0n) is 11.3. The van der Waals surface area contributed by atoms with Gasteiger partial charge in [0.15, 0.2) is 0 Å². The third-order valence-corrected chi connectivity index (χ3v) is 4.67. The minimum atomic E-state index is -0.453. The summed E-state index contributed by atoms with van der Waals surface area (Å²) in [5, 5.41) is 0. The van der Waals surface area contributed by atoms with Gasteiger partial charge in [0.2, 0.25) is 5.91 Å². The second-order valence-corrected chi connectivity index (χ2v) is 5.71. The van der Waals surface area contributed by atoms with Gasteiger partial charge >= 0.3 is 0 Å². The van der Waals surface area contributed by atoms with Gasteiger partial charge in [0.25, 0.3) is 0 Å². The summed E-state index contributed by atoms with van der Waals surface area (Å²) in [6.07, 6.45) is 1.99. The Kier molecular flexibility index (Phi) is 4.40. The Hall–Kier alpha value is -1.16. The van der Waals surface area contributed by atoms with Gasteiger partial charge in [-0.3, -0.25) is 9.59 Å². The van der Waals surface area contributed by atoms with E-state index in [0.717, 1.165) is 22.1 Å². The lowest BCUT2D eigenvalue weighted by atomic mass is 9.91. The van der Waals surface area contributed by atoms with E-state index in [1.54, 1.807) is 4.90 Å². The first-order chi connectivity index (χ1) is 9.06. The topological polar surface area (TPSA) is 37.4 Å². The molecular formula is C15H18BrNO2. The molecule has 0 radical (unpaired) electrons. The van der Waals surface area contributed by atoms with Crippen LogP contribution in [0, 0.1) is 12.8 Å². The number of carbonyl (C=O) groups is 2. The summed E-state index contributed by atoms with van der Waals surface area (Å²) in [5.74, 6) is -0.450. The molecule has 102 valence electrons. The number of ketones is 1. The van der Waals surface area contributed by atoms with Crippen molar-refractivity contribution in [3.8, 4) is 0 Å². The summed E-state index contributed by atoms with van der Waals surface area (Å²) in [4.78, 5) is 26.1. The zero-order valence-corrected chi connectivity index (χ0v) is 12.9. The number of benzene rings is 1. The minimum Gasteiger partial charge on any atom is -0.311 e. The molecule has 1 aliphatic heterocycles. The van der Waals surface area contributed by atoms with Crippen LogP contribution in [0.4, 0.5) is 5.69 Å². The number of rotatable bonds is 3. The lowest BCUT2D eigenvalue weighted by Gasteiger charge is -2.32. The SMILES string of the molecule is CCC(=O)[C@H]1CCCN(c2cccc(C)c2Br)C1=O. The number of aryl methyl sites for hydroxylation is 1. The van der Waals surface area contributed by atoms with E-state index in [0.29, 0.717) is 19.4 Å². The van der Waals surface area contributed by atoms with Crippen LogP contribution < -0.4 is 4.90 Å². The molecule has 1 aliphatic rings. The van der Waals surface area contributed by atoms with Crippen molar-refractivity contribution in [3.63, 3.8) is 0 Å². The van der Waals surface area contributed by atoms with Crippen LogP contribution in [0.25, 0.3) is 0 Å². The molecule has 1 aromatic carbocycles. The van der Waals surface area contributed by atoms with Gasteiger partial charge in [-0.25, -0.2) is 0 Å². The average Bonchev–Trinajstić information content (AvgIpc) is 2.42. The molecule has 0 bridgehead atoms. The Morgan fingerprint density at radius 1 is 1.47 bits per heavy atom. The second kappa shape index (κ2) is 5.87. The summed E-state index contributed by atoms with van der Waals surface area (Å²) in [6.45, 7) is 4.50. The van der Waals surface area contributed by atoms with E-state index >= 15 is 0 Å². The van der Waals surface area contributed by atoms with E-state index in [4.69, 9.17) is 0 Å². The number of hydrogen-bond donors (Lipinski definition) is 0. The summed E-state index contributed by atoms with van der Waals surface area (Å²) in [7, 11) is 0. The van der Waals surface area contributed by atoms with Gasteiger partial charge in [0.1, 0.15) is 5.78 Å². The molecule has 2 rings (SSSR count). The summed E-state index contributed by atoms with van der Waals surface area (Å²) < 4.78 is 0.938. The molecule has 1 fully saturated rings. The zero-order chi connectivity index (χ0) is 14.0. The minimum absolute atomic E-state index is 0.0515. The number of Topliss-reactive ketones (excluding diaryl/α,β-unsaturated/α-hetero) is 1. The Bertz CT molecular complexity index is 513. The second-order valence-electron chi connectivity index (χ2n) is 4.91. The van der Waals surface area contributed by atoms with Gasteiger partial charge in [-0.05, 0) is 47.3 Å². The van der Waals surface area contributed by atoms with E-state index in [1.807, 2.05) is 32.0 Å². The Balaban J connectivity index is 2.32. The first-order valence-corrected chi connectivity index (χ1v) is 7.44. The highest BCUT2D eigenvalue weighted by Gasteiger charge is 2.34. The van der Waals surface area contributed by atoms with Crippen molar-refractivity contribution in [1.29, 1.82) is 0 Å². The lowest BCUT2D eigenvalue weighted by molar-refractivity contribution is -0.133.